The number of carboxylic acids is 1. The first kappa shape index (κ1) is 17.4. The van der Waals surface area contributed by atoms with Crippen molar-refractivity contribution < 1.29 is 19.1 Å². The van der Waals surface area contributed by atoms with Crippen LogP contribution in [0, 0.1) is 0 Å². The molecular formula is C20H19N3O4. The van der Waals surface area contributed by atoms with Crippen molar-refractivity contribution in [2.45, 2.75) is 12.6 Å². The number of rotatable bonds is 5. The first-order chi connectivity index (χ1) is 13.2. The molecule has 0 saturated carbocycles. The third-order valence-electron chi connectivity index (χ3n) is 4.55. The average molecular weight is 365 g/mol. The molecule has 3 heterocycles. The lowest BCUT2D eigenvalue weighted by Gasteiger charge is -2.31. The molecule has 0 bridgehead atoms. The van der Waals surface area contributed by atoms with Crippen LogP contribution in [0.15, 0.2) is 59.4 Å². The maximum atomic E-state index is 11.4. The zero-order valence-corrected chi connectivity index (χ0v) is 14.6. The third kappa shape index (κ3) is 3.89. The molecule has 0 unspecified atom stereocenters. The molecule has 1 aliphatic rings. The number of hydrogen-bond donors (Lipinski definition) is 1. The molecular weight excluding hydrogens is 346 g/mol. The molecule has 2 aromatic heterocycles. The van der Waals surface area contributed by atoms with Crippen molar-refractivity contribution in [2.24, 2.45) is 0 Å². The van der Waals surface area contributed by atoms with Gasteiger partial charge in [0.25, 0.3) is 0 Å². The Kier molecular flexibility index (Phi) is 4.95. The standard InChI is InChI=1S/C20H19N3O4/c24-20(25)16-4-2-1-3-15(16)18-6-5-14(27-18)11-23-9-10-26-19(12-23)17-7-8-21-13-22-17/h1-8,13,19H,9-12H2,(H,24,25)/t19-/m1/s1. The lowest BCUT2D eigenvalue weighted by molar-refractivity contribution is -0.0367. The van der Waals surface area contributed by atoms with E-state index in [-0.39, 0.29) is 11.7 Å². The SMILES string of the molecule is O=C(O)c1ccccc1-c1ccc(CN2CCO[C@@H](c3ccncn3)C2)o1. The third-order valence-corrected chi connectivity index (χ3v) is 4.55. The summed E-state index contributed by atoms with van der Waals surface area (Å²) >= 11 is 0. The van der Waals surface area contributed by atoms with E-state index >= 15 is 0 Å². The number of carboxylic acid groups (broad SMARTS) is 1. The summed E-state index contributed by atoms with van der Waals surface area (Å²) in [7, 11) is 0. The summed E-state index contributed by atoms with van der Waals surface area (Å²) in [4.78, 5) is 21.9. The second-order valence-corrected chi connectivity index (χ2v) is 6.35. The molecule has 1 fully saturated rings. The van der Waals surface area contributed by atoms with Gasteiger partial charge in [-0.05, 0) is 24.3 Å². The van der Waals surface area contributed by atoms with Crippen LogP contribution in [-0.4, -0.2) is 45.6 Å². The van der Waals surface area contributed by atoms with Crippen LogP contribution >= 0.6 is 0 Å². The molecule has 0 amide bonds. The highest BCUT2D eigenvalue weighted by Gasteiger charge is 2.24. The van der Waals surface area contributed by atoms with Gasteiger partial charge in [-0.1, -0.05) is 18.2 Å². The number of aromatic carboxylic acids is 1. The topological polar surface area (TPSA) is 88.7 Å². The van der Waals surface area contributed by atoms with Crippen molar-refractivity contribution >= 4 is 5.97 Å². The molecule has 1 saturated heterocycles. The van der Waals surface area contributed by atoms with Crippen molar-refractivity contribution in [3.05, 3.63) is 72.0 Å². The van der Waals surface area contributed by atoms with Crippen LogP contribution in [0.2, 0.25) is 0 Å². The summed E-state index contributed by atoms with van der Waals surface area (Å²) in [6, 6.07) is 12.4. The Labute approximate surface area is 156 Å². The van der Waals surface area contributed by atoms with Gasteiger partial charge in [-0.25, -0.2) is 14.8 Å². The molecule has 7 nitrogen and oxygen atoms in total. The summed E-state index contributed by atoms with van der Waals surface area (Å²) in [5.74, 6) is 0.376. The Morgan fingerprint density at radius 2 is 2.11 bits per heavy atom. The van der Waals surface area contributed by atoms with E-state index in [1.54, 1.807) is 30.5 Å². The zero-order valence-electron chi connectivity index (χ0n) is 14.6. The maximum Gasteiger partial charge on any atom is 0.336 e. The van der Waals surface area contributed by atoms with Crippen molar-refractivity contribution in [3.8, 4) is 11.3 Å². The van der Waals surface area contributed by atoms with Gasteiger partial charge in [0, 0.05) is 24.8 Å². The Morgan fingerprint density at radius 1 is 1.22 bits per heavy atom. The van der Waals surface area contributed by atoms with Gasteiger partial charge >= 0.3 is 5.97 Å². The second kappa shape index (κ2) is 7.69. The summed E-state index contributed by atoms with van der Waals surface area (Å²) in [6.07, 6.45) is 3.14. The van der Waals surface area contributed by atoms with Crippen molar-refractivity contribution in [3.63, 3.8) is 0 Å². The minimum Gasteiger partial charge on any atom is -0.478 e. The van der Waals surface area contributed by atoms with Gasteiger partial charge in [-0.3, -0.25) is 4.90 Å². The van der Waals surface area contributed by atoms with Crippen LogP contribution in [0.25, 0.3) is 11.3 Å². The molecule has 1 N–H and O–H groups in total. The van der Waals surface area contributed by atoms with Crippen LogP contribution in [0.1, 0.15) is 27.9 Å². The molecule has 1 atom stereocenters. The van der Waals surface area contributed by atoms with Crippen LogP contribution in [0.3, 0.4) is 0 Å². The fraction of sp³-hybridized carbons (Fsp3) is 0.250. The number of morpholine rings is 1. The molecule has 138 valence electrons. The quantitative estimate of drug-likeness (QED) is 0.743. The van der Waals surface area contributed by atoms with Gasteiger partial charge in [-0.2, -0.15) is 0 Å². The van der Waals surface area contributed by atoms with E-state index in [2.05, 4.69) is 14.9 Å². The van der Waals surface area contributed by atoms with Gasteiger partial charge in [0.15, 0.2) is 0 Å². The second-order valence-electron chi connectivity index (χ2n) is 6.35. The lowest BCUT2D eigenvalue weighted by Crippen LogP contribution is -2.38. The van der Waals surface area contributed by atoms with E-state index in [1.165, 1.54) is 6.33 Å². The monoisotopic (exact) mass is 365 g/mol. The van der Waals surface area contributed by atoms with E-state index in [9.17, 15) is 9.90 Å². The van der Waals surface area contributed by atoms with Crippen LogP contribution in [-0.2, 0) is 11.3 Å². The van der Waals surface area contributed by atoms with Crippen LogP contribution in [0.4, 0.5) is 0 Å². The minimum absolute atomic E-state index is 0.0936. The summed E-state index contributed by atoms with van der Waals surface area (Å²) < 4.78 is 11.8. The highest BCUT2D eigenvalue weighted by molar-refractivity contribution is 5.95. The Hall–Kier alpha value is -3.03. The predicted octanol–water partition coefficient (Wildman–Crippen LogP) is 3.01. The largest absolute Gasteiger partial charge is 0.478 e. The van der Waals surface area contributed by atoms with Crippen molar-refractivity contribution in [2.75, 3.05) is 19.7 Å². The number of ether oxygens (including phenoxy) is 1. The minimum atomic E-state index is -0.968. The molecule has 0 aliphatic carbocycles. The molecule has 1 aliphatic heterocycles. The van der Waals surface area contributed by atoms with Gasteiger partial charge in [0.1, 0.15) is 24.0 Å². The first-order valence-electron chi connectivity index (χ1n) is 8.72. The van der Waals surface area contributed by atoms with Crippen LogP contribution in [0.5, 0.6) is 0 Å². The Bertz CT molecular complexity index is 926. The molecule has 3 aromatic rings. The molecule has 27 heavy (non-hydrogen) atoms. The fourth-order valence-electron chi connectivity index (χ4n) is 3.23. The number of hydrogen-bond acceptors (Lipinski definition) is 6. The average Bonchev–Trinajstić information content (AvgIpc) is 3.17. The highest BCUT2D eigenvalue weighted by Crippen LogP contribution is 2.27. The van der Waals surface area contributed by atoms with E-state index in [0.29, 0.717) is 31.0 Å². The Balaban J connectivity index is 1.48. The molecule has 0 spiro atoms. The molecule has 1 aromatic carbocycles. The number of carbonyl (C=O) groups is 1. The normalized spacial score (nSPS) is 17.7. The summed E-state index contributed by atoms with van der Waals surface area (Å²) in [5.41, 5.74) is 1.68. The lowest BCUT2D eigenvalue weighted by atomic mass is 10.1. The van der Waals surface area contributed by atoms with Gasteiger partial charge in [0.2, 0.25) is 0 Å². The van der Waals surface area contributed by atoms with E-state index in [1.807, 2.05) is 18.2 Å². The summed E-state index contributed by atoms with van der Waals surface area (Å²) in [5, 5.41) is 9.36. The maximum absolute atomic E-state index is 11.4. The van der Waals surface area contributed by atoms with E-state index in [0.717, 1.165) is 18.0 Å². The smallest absolute Gasteiger partial charge is 0.336 e. The summed E-state index contributed by atoms with van der Waals surface area (Å²) in [6.45, 7) is 2.74. The molecule has 7 heteroatoms. The van der Waals surface area contributed by atoms with Gasteiger partial charge in [-0.15, -0.1) is 0 Å². The van der Waals surface area contributed by atoms with Crippen molar-refractivity contribution in [1.82, 2.24) is 14.9 Å². The number of nitrogens with zero attached hydrogens (tertiary/aromatic N) is 3. The number of aromatic nitrogens is 2. The Morgan fingerprint density at radius 3 is 2.93 bits per heavy atom. The number of furan rings is 1. The van der Waals surface area contributed by atoms with Gasteiger partial charge in [0.05, 0.1) is 24.4 Å². The van der Waals surface area contributed by atoms with E-state index < -0.39 is 5.97 Å². The zero-order chi connectivity index (χ0) is 18.6. The highest BCUT2D eigenvalue weighted by atomic mass is 16.5. The number of benzene rings is 1. The predicted molar refractivity (Wildman–Crippen MR) is 97.1 cm³/mol. The first-order valence-corrected chi connectivity index (χ1v) is 8.72. The molecule has 0 radical (unpaired) electrons. The fourth-order valence-corrected chi connectivity index (χ4v) is 3.23. The van der Waals surface area contributed by atoms with Crippen LogP contribution < -0.4 is 0 Å². The molecule has 4 rings (SSSR count). The van der Waals surface area contributed by atoms with E-state index in [4.69, 9.17) is 9.15 Å². The van der Waals surface area contributed by atoms with Crippen molar-refractivity contribution in [1.29, 1.82) is 0 Å². The van der Waals surface area contributed by atoms with Gasteiger partial charge < -0.3 is 14.3 Å².